The second-order valence-electron chi connectivity index (χ2n) is 5.23. The van der Waals surface area contributed by atoms with Crippen molar-refractivity contribution in [1.82, 2.24) is 24.6 Å². The van der Waals surface area contributed by atoms with Gasteiger partial charge in [-0.05, 0) is 32.3 Å². The van der Waals surface area contributed by atoms with E-state index in [0.717, 1.165) is 24.3 Å². The summed E-state index contributed by atoms with van der Waals surface area (Å²) >= 11 is 0. The van der Waals surface area contributed by atoms with Crippen LogP contribution < -0.4 is 5.32 Å². The summed E-state index contributed by atoms with van der Waals surface area (Å²) in [5.74, 6) is 0.425. The quantitative estimate of drug-likeness (QED) is 0.780. The summed E-state index contributed by atoms with van der Waals surface area (Å²) in [5, 5.41) is 8.39. The second-order valence-corrected chi connectivity index (χ2v) is 5.23. The molecule has 114 valence electrons. The van der Waals surface area contributed by atoms with Crippen molar-refractivity contribution in [1.29, 1.82) is 0 Å². The molecule has 0 radical (unpaired) electrons. The molecule has 3 rings (SSSR count). The van der Waals surface area contributed by atoms with E-state index >= 15 is 0 Å². The zero-order chi connectivity index (χ0) is 15.5. The summed E-state index contributed by atoms with van der Waals surface area (Å²) < 4.78 is 15.0. The summed E-state index contributed by atoms with van der Waals surface area (Å²) in [5.41, 5.74) is 1.28. The van der Waals surface area contributed by atoms with E-state index in [0.29, 0.717) is 11.3 Å². The number of hydrogen-bond donors (Lipinski definition) is 1. The third-order valence-corrected chi connectivity index (χ3v) is 3.27. The molecule has 2 aromatic heterocycles. The Morgan fingerprint density at radius 3 is 2.91 bits per heavy atom. The Hall–Kier alpha value is -2.54. The summed E-state index contributed by atoms with van der Waals surface area (Å²) in [4.78, 5) is 10.6. The highest BCUT2D eigenvalue weighted by atomic mass is 19.1. The van der Waals surface area contributed by atoms with E-state index in [2.05, 4.69) is 25.3 Å². The number of nitrogens with zero attached hydrogens (tertiary/aromatic N) is 5. The summed E-state index contributed by atoms with van der Waals surface area (Å²) in [6, 6.07) is 6.26. The van der Waals surface area contributed by atoms with Crippen LogP contribution >= 0.6 is 0 Å². The van der Waals surface area contributed by atoms with Crippen molar-refractivity contribution in [3.8, 4) is 5.69 Å². The first-order valence-electron chi connectivity index (χ1n) is 6.98. The van der Waals surface area contributed by atoms with Crippen LogP contribution in [-0.2, 0) is 0 Å². The van der Waals surface area contributed by atoms with Crippen LogP contribution in [0.4, 0.5) is 10.2 Å². The first-order chi connectivity index (χ1) is 10.6. The molecule has 1 aromatic carbocycles. The van der Waals surface area contributed by atoms with Gasteiger partial charge in [-0.15, -0.1) is 0 Å². The Labute approximate surface area is 127 Å². The van der Waals surface area contributed by atoms with Crippen molar-refractivity contribution < 1.29 is 4.39 Å². The van der Waals surface area contributed by atoms with Crippen molar-refractivity contribution >= 4 is 16.9 Å². The maximum Gasteiger partial charge on any atom is 0.168 e. The van der Waals surface area contributed by atoms with Gasteiger partial charge in [-0.2, -0.15) is 5.10 Å². The molecule has 6 nitrogen and oxygen atoms in total. The van der Waals surface area contributed by atoms with Crippen molar-refractivity contribution in [3.05, 3.63) is 42.6 Å². The van der Waals surface area contributed by atoms with Crippen molar-refractivity contribution in [2.24, 2.45) is 0 Å². The highest BCUT2D eigenvalue weighted by molar-refractivity contribution is 5.87. The van der Waals surface area contributed by atoms with Gasteiger partial charge in [0.25, 0.3) is 0 Å². The van der Waals surface area contributed by atoms with Gasteiger partial charge in [0.05, 0.1) is 17.3 Å². The fourth-order valence-corrected chi connectivity index (χ4v) is 2.18. The molecular formula is C15H17FN6. The van der Waals surface area contributed by atoms with Crippen LogP contribution in [0.1, 0.15) is 0 Å². The molecule has 7 heteroatoms. The van der Waals surface area contributed by atoms with Crippen LogP contribution in [0.25, 0.3) is 16.7 Å². The third-order valence-electron chi connectivity index (χ3n) is 3.27. The Kier molecular flexibility index (Phi) is 3.97. The lowest BCUT2D eigenvalue weighted by Gasteiger charge is -2.11. The van der Waals surface area contributed by atoms with E-state index in [-0.39, 0.29) is 5.82 Å². The summed E-state index contributed by atoms with van der Waals surface area (Å²) in [6.45, 7) is 1.66. The standard InChI is InChI=1S/C15H17FN6/c1-21(2)7-6-17-14-13-9-20-22(15(13)19-10-18-14)12-5-3-4-11(16)8-12/h3-5,8-10H,6-7H2,1-2H3,(H,17,18,19). The number of anilines is 1. The van der Waals surface area contributed by atoms with Gasteiger partial charge in [0.1, 0.15) is 18.0 Å². The van der Waals surface area contributed by atoms with Gasteiger partial charge >= 0.3 is 0 Å². The van der Waals surface area contributed by atoms with E-state index < -0.39 is 0 Å². The Morgan fingerprint density at radius 1 is 1.27 bits per heavy atom. The molecule has 0 spiro atoms. The van der Waals surface area contributed by atoms with E-state index in [1.54, 1.807) is 23.0 Å². The molecule has 3 aromatic rings. The van der Waals surface area contributed by atoms with Crippen molar-refractivity contribution in [3.63, 3.8) is 0 Å². The summed E-state index contributed by atoms with van der Waals surface area (Å²) in [7, 11) is 4.03. The zero-order valence-corrected chi connectivity index (χ0v) is 12.5. The van der Waals surface area contributed by atoms with Crippen molar-refractivity contribution in [2.45, 2.75) is 0 Å². The number of aromatic nitrogens is 4. The maximum absolute atomic E-state index is 13.4. The second kappa shape index (κ2) is 6.07. The molecule has 0 aliphatic rings. The smallest absolute Gasteiger partial charge is 0.168 e. The lowest BCUT2D eigenvalue weighted by Crippen LogP contribution is -2.21. The number of nitrogens with one attached hydrogen (secondary N) is 1. The molecule has 0 amide bonds. The number of rotatable bonds is 5. The van der Waals surface area contributed by atoms with E-state index in [1.165, 1.54) is 18.5 Å². The normalized spacial score (nSPS) is 11.3. The van der Waals surface area contributed by atoms with Gasteiger partial charge < -0.3 is 10.2 Å². The highest BCUT2D eigenvalue weighted by Crippen LogP contribution is 2.21. The Bertz CT molecular complexity index is 783. The molecule has 22 heavy (non-hydrogen) atoms. The topological polar surface area (TPSA) is 58.9 Å². The van der Waals surface area contributed by atoms with E-state index in [4.69, 9.17) is 0 Å². The lowest BCUT2D eigenvalue weighted by molar-refractivity contribution is 0.425. The minimum absolute atomic E-state index is 0.306. The minimum Gasteiger partial charge on any atom is -0.368 e. The third kappa shape index (κ3) is 2.89. The molecule has 2 heterocycles. The van der Waals surface area contributed by atoms with Crippen LogP contribution in [0.5, 0.6) is 0 Å². The number of hydrogen-bond acceptors (Lipinski definition) is 5. The molecule has 1 N–H and O–H groups in total. The predicted octanol–water partition coefficient (Wildman–Crippen LogP) is 1.93. The first kappa shape index (κ1) is 14.4. The number of likely N-dealkylation sites (N-methyl/N-ethyl adjacent to an activating group) is 1. The minimum atomic E-state index is -0.306. The number of benzene rings is 1. The fourth-order valence-electron chi connectivity index (χ4n) is 2.18. The van der Waals surface area contributed by atoms with Crippen LogP contribution in [0, 0.1) is 5.82 Å². The monoisotopic (exact) mass is 300 g/mol. The molecule has 0 fully saturated rings. The molecule has 0 aliphatic carbocycles. The van der Waals surface area contributed by atoms with E-state index in [1.807, 2.05) is 14.1 Å². The molecule has 0 saturated carbocycles. The van der Waals surface area contributed by atoms with Crippen LogP contribution in [0.3, 0.4) is 0 Å². The van der Waals surface area contributed by atoms with Gasteiger partial charge in [-0.3, -0.25) is 0 Å². The maximum atomic E-state index is 13.4. The van der Waals surface area contributed by atoms with Gasteiger partial charge in [-0.1, -0.05) is 6.07 Å². The molecule has 0 aliphatic heterocycles. The number of halogens is 1. The molecule has 0 atom stereocenters. The lowest BCUT2D eigenvalue weighted by atomic mass is 10.3. The highest BCUT2D eigenvalue weighted by Gasteiger charge is 2.11. The zero-order valence-electron chi connectivity index (χ0n) is 12.5. The molecular weight excluding hydrogens is 283 g/mol. The van der Waals surface area contributed by atoms with Crippen LogP contribution in [-0.4, -0.2) is 51.8 Å². The summed E-state index contributed by atoms with van der Waals surface area (Å²) in [6.07, 6.45) is 3.18. The Morgan fingerprint density at radius 2 is 2.14 bits per heavy atom. The molecule has 0 unspecified atom stereocenters. The SMILES string of the molecule is CN(C)CCNc1ncnc2c1cnn2-c1cccc(F)c1. The largest absolute Gasteiger partial charge is 0.368 e. The molecule has 0 saturated heterocycles. The van der Waals surface area contributed by atoms with Crippen LogP contribution in [0.2, 0.25) is 0 Å². The Balaban J connectivity index is 1.95. The van der Waals surface area contributed by atoms with Gasteiger partial charge in [0.15, 0.2) is 5.65 Å². The van der Waals surface area contributed by atoms with Gasteiger partial charge in [-0.25, -0.2) is 19.0 Å². The van der Waals surface area contributed by atoms with Crippen LogP contribution in [0.15, 0.2) is 36.8 Å². The first-order valence-corrected chi connectivity index (χ1v) is 6.98. The van der Waals surface area contributed by atoms with Gasteiger partial charge in [0, 0.05) is 13.1 Å². The van der Waals surface area contributed by atoms with E-state index in [9.17, 15) is 4.39 Å². The molecule has 0 bridgehead atoms. The fraction of sp³-hybridized carbons (Fsp3) is 0.267. The average molecular weight is 300 g/mol. The number of fused-ring (bicyclic) bond motifs is 1. The van der Waals surface area contributed by atoms with Gasteiger partial charge in [0.2, 0.25) is 0 Å². The van der Waals surface area contributed by atoms with Crippen molar-refractivity contribution in [2.75, 3.05) is 32.5 Å². The predicted molar refractivity (Wildman–Crippen MR) is 83.7 cm³/mol. The average Bonchev–Trinajstić information content (AvgIpc) is 2.92.